The molecule has 0 aromatic rings. The van der Waals surface area contributed by atoms with E-state index in [1.807, 2.05) is 0 Å². The number of unbranched alkanes of at least 4 members (excludes halogenated alkanes) is 5. The summed E-state index contributed by atoms with van der Waals surface area (Å²) in [7, 11) is 0. The second-order valence-electron chi connectivity index (χ2n) is 6.57. The summed E-state index contributed by atoms with van der Waals surface area (Å²) >= 11 is 0. The first-order chi connectivity index (χ1) is 9.42. The normalized spacial score (nSPS) is 28.9. The van der Waals surface area contributed by atoms with Crippen molar-refractivity contribution in [3.63, 3.8) is 0 Å². The van der Waals surface area contributed by atoms with Gasteiger partial charge in [-0.1, -0.05) is 45.4 Å². The van der Waals surface area contributed by atoms with E-state index in [9.17, 15) is 0 Å². The number of hydrogen-bond acceptors (Lipinski definition) is 2. The van der Waals surface area contributed by atoms with Crippen LogP contribution in [0, 0.1) is 0 Å². The Kier molecular flexibility index (Phi) is 7.23. The van der Waals surface area contributed by atoms with E-state index in [0.29, 0.717) is 0 Å². The zero-order valence-corrected chi connectivity index (χ0v) is 13.0. The molecule has 0 amide bonds. The van der Waals surface area contributed by atoms with Crippen molar-refractivity contribution in [3.8, 4) is 0 Å². The Morgan fingerprint density at radius 1 is 0.947 bits per heavy atom. The van der Waals surface area contributed by atoms with Gasteiger partial charge in [-0.05, 0) is 51.7 Å². The second kappa shape index (κ2) is 8.97. The quantitative estimate of drug-likeness (QED) is 0.669. The first kappa shape index (κ1) is 15.3. The molecule has 0 radical (unpaired) electrons. The van der Waals surface area contributed by atoms with Gasteiger partial charge in [0.05, 0.1) is 0 Å². The molecule has 0 aromatic carbocycles. The molecule has 2 fully saturated rings. The predicted molar refractivity (Wildman–Crippen MR) is 83.6 cm³/mol. The van der Waals surface area contributed by atoms with Crippen LogP contribution in [0.15, 0.2) is 0 Å². The van der Waals surface area contributed by atoms with E-state index in [1.54, 1.807) is 0 Å². The van der Waals surface area contributed by atoms with Crippen molar-refractivity contribution in [1.82, 2.24) is 10.2 Å². The molecule has 112 valence electrons. The van der Waals surface area contributed by atoms with Gasteiger partial charge in [-0.2, -0.15) is 0 Å². The average Bonchev–Trinajstić information content (AvgIpc) is 2.97. The van der Waals surface area contributed by atoms with Gasteiger partial charge in [0.1, 0.15) is 0 Å². The first-order valence-corrected chi connectivity index (χ1v) is 8.89. The zero-order chi connectivity index (χ0) is 13.3. The van der Waals surface area contributed by atoms with Crippen LogP contribution in [-0.2, 0) is 0 Å². The number of nitrogens with zero attached hydrogens (tertiary/aromatic N) is 1. The molecule has 1 N–H and O–H groups in total. The molecule has 0 aliphatic carbocycles. The lowest BCUT2D eigenvalue weighted by Crippen LogP contribution is -2.50. The van der Waals surface area contributed by atoms with Crippen LogP contribution in [-0.4, -0.2) is 36.6 Å². The van der Waals surface area contributed by atoms with Crippen molar-refractivity contribution in [2.75, 3.05) is 19.6 Å². The van der Waals surface area contributed by atoms with Crippen molar-refractivity contribution in [1.29, 1.82) is 0 Å². The van der Waals surface area contributed by atoms with E-state index in [-0.39, 0.29) is 0 Å². The minimum Gasteiger partial charge on any atom is -0.312 e. The van der Waals surface area contributed by atoms with Gasteiger partial charge in [0.2, 0.25) is 0 Å². The van der Waals surface area contributed by atoms with Gasteiger partial charge in [0, 0.05) is 12.1 Å². The van der Waals surface area contributed by atoms with Gasteiger partial charge in [0.25, 0.3) is 0 Å². The van der Waals surface area contributed by atoms with E-state index in [1.165, 1.54) is 90.3 Å². The SMILES string of the molecule is CCCCCCCCN1CCCCC1C1CCCN1. The Labute approximate surface area is 120 Å². The number of hydrogen-bond donors (Lipinski definition) is 1. The monoisotopic (exact) mass is 266 g/mol. The topological polar surface area (TPSA) is 15.3 Å². The highest BCUT2D eigenvalue weighted by atomic mass is 15.2. The fraction of sp³-hybridized carbons (Fsp3) is 1.00. The molecule has 2 heterocycles. The van der Waals surface area contributed by atoms with Crippen LogP contribution in [0.5, 0.6) is 0 Å². The van der Waals surface area contributed by atoms with Gasteiger partial charge in [-0.3, -0.25) is 4.90 Å². The molecule has 19 heavy (non-hydrogen) atoms. The summed E-state index contributed by atoms with van der Waals surface area (Å²) in [5.41, 5.74) is 0. The van der Waals surface area contributed by atoms with E-state index in [2.05, 4.69) is 17.1 Å². The summed E-state index contributed by atoms with van der Waals surface area (Å²) < 4.78 is 0. The summed E-state index contributed by atoms with van der Waals surface area (Å²) in [6.07, 6.45) is 15.7. The zero-order valence-electron chi connectivity index (χ0n) is 13.0. The van der Waals surface area contributed by atoms with Crippen LogP contribution < -0.4 is 5.32 Å². The molecule has 0 bridgehead atoms. The Balaban J connectivity index is 1.64. The summed E-state index contributed by atoms with van der Waals surface area (Å²) in [5.74, 6) is 0. The molecular weight excluding hydrogens is 232 g/mol. The van der Waals surface area contributed by atoms with Crippen LogP contribution in [0.25, 0.3) is 0 Å². The van der Waals surface area contributed by atoms with Gasteiger partial charge in [0.15, 0.2) is 0 Å². The van der Waals surface area contributed by atoms with Crippen LogP contribution in [0.1, 0.15) is 77.6 Å². The molecule has 0 aromatic heterocycles. The van der Waals surface area contributed by atoms with E-state index in [4.69, 9.17) is 0 Å². The average molecular weight is 266 g/mol. The van der Waals surface area contributed by atoms with E-state index < -0.39 is 0 Å². The minimum atomic E-state index is 0.806. The van der Waals surface area contributed by atoms with Gasteiger partial charge in [-0.15, -0.1) is 0 Å². The fourth-order valence-electron chi connectivity index (χ4n) is 3.89. The van der Waals surface area contributed by atoms with E-state index >= 15 is 0 Å². The minimum absolute atomic E-state index is 0.806. The lowest BCUT2D eigenvalue weighted by molar-refractivity contribution is 0.117. The second-order valence-corrected chi connectivity index (χ2v) is 6.57. The molecule has 2 unspecified atom stereocenters. The largest absolute Gasteiger partial charge is 0.312 e. The van der Waals surface area contributed by atoms with Crippen LogP contribution in [0.3, 0.4) is 0 Å². The molecule has 0 spiro atoms. The molecule has 2 nitrogen and oxygen atoms in total. The highest BCUT2D eigenvalue weighted by molar-refractivity contribution is 4.90. The predicted octanol–water partition coefficient (Wildman–Crippen LogP) is 3.95. The Morgan fingerprint density at radius 3 is 2.58 bits per heavy atom. The smallest absolute Gasteiger partial charge is 0.0249 e. The van der Waals surface area contributed by atoms with Crippen LogP contribution in [0.4, 0.5) is 0 Å². The molecular formula is C17H34N2. The summed E-state index contributed by atoms with van der Waals surface area (Å²) in [6.45, 7) is 6.27. The first-order valence-electron chi connectivity index (χ1n) is 8.89. The van der Waals surface area contributed by atoms with Crippen molar-refractivity contribution in [3.05, 3.63) is 0 Å². The van der Waals surface area contributed by atoms with Gasteiger partial charge in [-0.25, -0.2) is 0 Å². The molecule has 2 atom stereocenters. The number of nitrogens with one attached hydrogen (secondary N) is 1. The molecule has 2 heteroatoms. The maximum absolute atomic E-state index is 3.73. The Morgan fingerprint density at radius 2 is 1.79 bits per heavy atom. The summed E-state index contributed by atoms with van der Waals surface area (Å²) in [6, 6.07) is 1.66. The summed E-state index contributed by atoms with van der Waals surface area (Å²) in [5, 5.41) is 3.73. The van der Waals surface area contributed by atoms with Crippen molar-refractivity contribution < 1.29 is 0 Å². The number of likely N-dealkylation sites (tertiary alicyclic amines) is 1. The molecule has 2 rings (SSSR count). The van der Waals surface area contributed by atoms with Gasteiger partial charge >= 0.3 is 0 Å². The summed E-state index contributed by atoms with van der Waals surface area (Å²) in [4.78, 5) is 2.81. The third kappa shape index (κ3) is 5.07. The highest BCUT2D eigenvalue weighted by Gasteiger charge is 2.30. The third-order valence-electron chi connectivity index (χ3n) is 5.03. The maximum Gasteiger partial charge on any atom is 0.0249 e. The van der Waals surface area contributed by atoms with Crippen molar-refractivity contribution in [2.45, 2.75) is 89.6 Å². The maximum atomic E-state index is 3.73. The number of rotatable bonds is 8. The Bertz CT molecular complexity index is 223. The molecule has 2 aliphatic heterocycles. The van der Waals surface area contributed by atoms with Crippen LogP contribution in [0.2, 0.25) is 0 Å². The van der Waals surface area contributed by atoms with Crippen molar-refractivity contribution >= 4 is 0 Å². The third-order valence-corrected chi connectivity index (χ3v) is 5.03. The van der Waals surface area contributed by atoms with E-state index in [0.717, 1.165) is 12.1 Å². The molecule has 0 saturated carbocycles. The lowest BCUT2D eigenvalue weighted by Gasteiger charge is -2.39. The van der Waals surface area contributed by atoms with Crippen LogP contribution >= 0.6 is 0 Å². The lowest BCUT2D eigenvalue weighted by atomic mass is 9.94. The Hall–Kier alpha value is -0.0800. The fourth-order valence-corrected chi connectivity index (χ4v) is 3.89. The molecule has 2 saturated heterocycles. The highest BCUT2D eigenvalue weighted by Crippen LogP contribution is 2.24. The van der Waals surface area contributed by atoms with Crippen molar-refractivity contribution in [2.24, 2.45) is 0 Å². The standard InChI is InChI=1S/C17H34N2/c1-2-3-4-5-6-8-14-19-15-9-7-12-17(19)16-11-10-13-18-16/h16-18H,2-15H2,1H3. The molecule has 2 aliphatic rings. The number of piperidine rings is 1. The van der Waals surface area contributed by atoms with Gasteiger partial charge < -0.3 is 5.32 Å².